The summed E-state index contributed by atoms with van der Waals surface area (Å²) in [5.74, 6) is 0.276. The molecular weight excluding hydrogens is 446 g/mol. The third-order valence-corrected chi connectivity index (χ3v) is 8.75. The zero-order valence-electron chi connectivity index (χ0n) is 16.5. The molecule has 4 heterocycles. The summed E-state index contributed by atoms with van der Waals surface area (Å²) in [4.78, 5) is 22.4. The summed E-state index contributed by atoms with van der Waals surface area (Å²) in [7, 11) is -3.74. The molecule has 1 fully saturated rings. The topological polar surface area (TPSA) is 118 Å². The molecule has 1 N–H and O–H groups in total. The molecule has 0 saturated carbocycles. The van der Waals surface area contributed by atoms with E-state index in [4.69, 9.17) is 4.52 Å². The van der Waals surface area contributed by atoms with Gasteiger partial charge in [0.05, 0.1) is 15.7 Å². The molecule has 0 aromatic carbocycles. The molecule has 0 aliphatic carbocycles. The predicted octanol–water partition coefficient (Wildman–Crippen LogP) is 3.16. The molecule has 30 heavy (non-hydrogen) atoms. The Balaban J connectivity index is 1.53. The van der Waals surface area contributed by atoms with Crippen molar-refractivity contribution in [1.29, 1.82) is 0 Å². The van der Waals surface area contributed by atoms with Gasteiger partial charge in [-0.05, 0) is 25.8 Å². The second kappa shape index (κ2) is 8.53. The molecule has 0 radical (unpaired) electrons. The normalized spacial score (nSPS) is 17.9. The summed E-state index contributed by atoms with van der Waals surface area (Å²) in [5, 5.41) is 9.00. The molecule has 12 heteroatoms. The number of hydrogen-bond acceptors (Lipinski definition) is 9. The number of carbonyl (C=O) groups is 1. The third kappa shape index (κ3) is 4.17. The Kier molecular flexibility index (Phi) is 6.00. The fraction of sp³-hybridized carbons (Fsp3) is 0.444. The number of aromatic nitrogens is 3. The SMILES string of the molecule is CCc1nc(-c2cc(S(=O)(=O)N3CCC[C@@H](C(=O)Nc4nccs4)C3)c(C)s2)no1. The van der Waals surface area contributed by atoms with E-state index in [0.29, 0.717) is 52.4 Å². The van der Waals surface area contributed by atoms with Gasteiger partial charge in [-0.1, -0.05) is 12.1 Å². The van der Waals surface area contributed by atoms with Crippen molar-refractivity contribution in [3.05, 3.63) is 28.4 Å². The minimum absolute atomic E-state index is 0.145. The second-order valence-electron chi connectivity index (χ2n) is 6.93. The highest BCUT2D eigenvalue weighted by atomic mass is 32.2. The number of piperidine rings is 1. The molecule has 0 bridgehead atoms. The minimum Gasteiger partial charge on any atom is -0.339 e. The van der Waals surface area contributed by atoms with E-state index in [2.05, 4.69) is 20.4 Å². The van der Waals surface area contributed by atoms with Crippen LogP contribution in [0.4, 0.5) is 5.13 Å². The van der Waals surface area contributed by atoms with Gasteiger partial charge in [0.15, 0.2) is 5.13 Å². The molecule has 4 rings (SSSR count). The van der Waals surface area contributed by atoms with E-state index in [1.807, 2.05) is 6.92 Å². The first kappa shape index (κ1) is 21.1. The molecule has 1 atom stereocenters. The molecular formula is C18H21N5O4S3. The van der Waals surface area contributed by atoms with E-state index >= 15 is 0 Å². The summed E-state index contributed by atoms with van der Waals surface area (Å²) < 4.78 is 33.2. The van der Waals surface area contributed by atoms with Crippen LogP contribution in [0, 0.1) is 12.8 Å². The minimum atomic E-state index is -3.74. The van der Waals surface area contributed by atoms with Crippen molar-refractivity contribution >= 4 is 43.7 Å². The summed E-state index contributed by atoms with van der Waals surface area (Å²) in [6.45, 7) is 4.20. The van der Waals surface area contributed by atoms with Crippen LogP contribution < -0.4 is 5.32 Å². The Bertz CT molecular complexity index is 1140. The zero-order chi connectivity index (χ0) is 21.3. The summed E-state index contributed by atoms with van der Waals surface area (Å²) in [6.07, 6.45) is 3.48. The van der Waals surface area contributed by atoms with Crippen molar-refractivity contribution in [3.63, 3.8) is 0 Å². The molecule has 1 aliphatic rings. The van der Waals surface area contributed by atoms with Crippen LogP contribution in [0.2, 0.25) is 0 Å². The van der Waals surface area contributed by atoms with Gasteiger partial charge in [-0.25, -0.2) is 13.4 Å². The molecule has 3 aromatic heterocycles. The quantitative estimate of drug-likeness (QED) is 0.591. The molecule has 1 amide bonds. The summed E-state index contributed by atoms with van der Waals surface area (Å²) in [5.41, 5.74) is 0. The van der Waals surface area contributed by atoms with Gasteiger partial charge >= 0.3 is 0 Å². The third-order valence-electron chi connectivity index (χ3n) is 4.90. The van der Waals surface area contributed by atoms with Crippen LogP contribution in [0.5, 0.6) is 0 Å². The molecule has 0 unspecified atom stereocenters. The Hall–Kier alpha value is -2.15. The van der Waals surface area contributed by atoms with E-state index < -0.39 is 15.9 Å². The highest BCUT2D eigenvalue weighted by molar-refractivity contribution is 7.89. The Morgan fingerprint density at radius 1 is 1.43 bits per heavy atom. The molecule has 9 nitrogen and oxygen atoms in total. The van der Waals surface area contributed by atoms with E-state index in [1.165, 1.54) is 27.0 Å². The lowest BCUT2D eigenvalue weighted by Crippen LogP contribution is -2.43. The first-order valence-corrected chi connectivity index (χ1v) is 12.7. The molecule has 1 aliphatic heterocycles. The maximum Gasteiger partial charge on any atom is 0.244 e. The Labute approximate surface area is 182 Å². The molecule has 1 saturated heterocycles. The van der Waals surface area contributed by atoms with Gasteiger partial charge < -0.3 is 9.84 Å². The lowest BCUT2D eigenvalue weighted by molar-refractivity contribution is -0.120. The first-order chi connectivity index (χ1) is 14.4. The lowest BCUT2D eigenvalue weighted by atomic mass is 9.99. The Morgan fingerprint density at radius 2 is 2.27 bits per heavy atom. The number of thiazole rings is 1. The maximum atomic E-state index is 13.3. The van der Waals surface area contributed by atoms with Crippen molar-refractivity contribution in [2.45, 2.75) is 38.0 Å². The number of nitrogens with one attached hydrogen (secondary N) is 1. The van der Waals surface area contributed by atoms with Crippen molar-refractivity contribution in [2.24, 2.45) is 5.92 Å². The number of carbonyl (C=O) groups excluding carboxylic acids is 1. The van der Waals surface area contributed by atoms with Crippen LogP contribution in [0.1, 0.15) is 30.5 Å². The van der Waals surface area contributed by atoms with E-state index in [1.54, 1.807) is 24.6 Å². The highest BCUT2D eigenvalue weighted by Gasteiger charge is 2.35. The van der Waals surface area contributed by atoms with Crippen molar-refractivity contribution in [3.8, 4) is 10.7 Å². The van der Waals surface area contributed by atoms with E-state index in [-0.39, 0.29) is 17.3 Å². The molecule has 160 valence electrons. The largest absolute Gasteiger partial charge is 0.339 e. The number of nitrogens with zero attached hydrogens (tertiary/aromatic N) is 4. The zero-order valence-corrected chi connectivity index (χ0v) is 18.9. The summed E-state index contributed by atoms with van der Waals surface area (Å²) in [6, 6.07) is 1.60. The van der Waals surface area contributed by atoms with Crippen LogP contribution in [0.3, 0.4) is 0 Å². The van der Waals surface area contributed by atoms with Crippen LogP contribution in [-0.2, 0) is 21.2 Å². The van der Waals surface area contributed by atoms with Gasteiger partial charge in [0.25, 0.3) is 0 Å². The van der Waals surface area contributed by atoms with Crippen LogP contribution in [0.25, 0.3) is 10.7 Å². The first-order valence-electron chi connectivity index (χ1n) is 9.52. The van der Waals surface area contributed by atoms with Gasteiger partial charge in [-0.2, -0.15) is 9.29 Å². The number of rotatable bonds is 6. The van der Waals surface area contributed by atoms with Gasteiger partial charge in [-0.3, -0.25) is 4.79 Å². The van der Waals surface area contributed by atoms with Crippen molar-refractivity contribution in [2.75, 3.05) is 18.4 Å². The number of thiophene rings is 1. The number of hydrogen-bond donors (Lipinski definition) is 1. The van der Waals surface area contributed by atoms with Gasteiger partial charge in [0, 0.05) is 36.0 Å². The van der Waals surface area contributed by atoms with Gasteiger partial charge in [0.1, 0.15) is 0 Å². The van der Waals surface area contributed by atoms with Crippen LogP contribution in [0.15, 0.2) is 27.1 Å². The van der Waals surface area contributed by atoms with E-state index in [0.717, 1.165) is 0 Å². The molecule has 3 aromatic rings. The van der Waals surface area contributed by atoms with E-state index in [9.17, 15) is 13.2 Å². The lowest BCUT2D eigenvalue weighted by Gasteiger charge is -2.31. The van der Waals surface area contributed by atoms with Crippen LogP contribution >= 0.6 is 22.7 Å². The van der Waals surface area contributed by atoms with Crippen LogP contribution in [-0.4, -0.2) is 46.8 Å². The standard InChI is InChI=1S/C18H21N5O4S3/c1-3-15-20-16(22-27-15)13-9-14(11(2)29-13)30(25,26)23-7-4-5-12(10-23)17(24)21-18-19-6-8-28-18/h6,8-9,12H,3-5,7,10H2,1-2H3,(H,19,21,24)/t12-/m1/s1. The average molecular weight is 468 g/mol. The van der Waals surface area contributed by atoms with Gasteiger partial charge in [-0.15, -0.1) is 22.7 Å². The Morgan fingerprint density at radius 3 is 2.97 bits per heavy atom. The number of anilines is 1. The monoisotopic (exact) mass is 467 g/mol. The maximum absolute atomic E-state index is 13.3. The smallest absolute Gasteiger partial charge is 0.244 e. The predicted molar refractivity (Wildman–Crippen MR) is 114 cm³/mol. The van der Waals surface area contributed by atoms with Crippen molar-refractivity contribution in [1.82, 2.24) is 19.4 Å². The molecule has 0 spiro atoms. The average Bonchev–Trinajstić information content (AvgIpc) is 3.48. The highest BCUT2D eigenvalue weighted by Crippen LogP contribution is 2.35. The van der Waals surface area contributed by atoms with Crippen molar-refractivity contribution < 1.29 is 17.7 Å². The summed E-state index contributed by atoms with van der Waals surface area (Å²) >= 11 is 2.65. The number of aryl methyl sites for hydroxylation is 2. The fourth-order valence-electron chi connectivity index (χ4n) is 3.34. The number of amides is 1. The second-order valence-corrected chi connectivity index (χ2v) is 11.0. The fourth-order valence-corrected chi connectivity index (χ4v) is 6.88. The van der Waals surface area contributed by atoms with Gasteiger partial charge in [0.2, 0.25) is 27.6 Å². The number of sulfonamides is 1.